The number of rotatable bonds is 12. The number of carbonyl (C=O) groups excluding carboxylic acids is 3. The zero-order chi connectivity index (χ0) is 31.8. The number of benzene rings is 3. The van der Waals surface area contributed by atoms with Crippen molar-refractivity contribution in [3.8, 4) is 11.5 Å². The van der Waals surface area contributed by atoms with Crippen LogP contribution in [0.15, 0.2) is 72.3 Å². The first kappa shape index (κ1) is 33.7. The van der Waals surface area contributed by atoms with Crippen LogP contribution < -0.4 is 14.8 Å². The molecule has 3 N–H and O–H groups in total. The third-order valence-corrected chi connectivity index (χ3v) is 8.65. The zero-order valence-corrected chi connectivity index (χ0v) is 27.4. The van der Waals surface area contributed by atoms with Crippen molar-refractivity contribution in [1.82, 2.24) is 10.2 Å². The van der Waals surface area contributed by atoms with Crippen LogP contribution >= 0.6 is 45.8 Å². The largest absolute Gasteiger partial charge is 0.493 e. The lowest BCUT2D eigenvalue weighted by Gasteiger charge is -2.41. The summed E-state index contributed by atoms with van der Waals surface area (Å²) in [6.07, 6.45) is -0.116. The maximum Gasteiger partial charge on any atom is 0.247 e. The van der Waals surface area contributed by atoms with E-state index in [1.807, 2.05) is 52.9 Å². The molecule has 3 aromatic rings. The number of halogens is 3. The Kier molecular flexibility index (Phi) is 12.0. The number of hydrogen-bond acceptors (Lipinski definition) is 7. The molecular formula is C32H31Cl2IN2O7. The molecule has 232 valence electrons. The van der Waals surface area contributed by atoms with E-state index in [0.29, 0.717) is 31.0 Å². The number of carbonyl (C=O) groups is 3. The number of nitrogens with one attached hydrogen (secondary N) is 1. The van der Waals surface area contributed by atoms with Gasteiger partial charge in [0, 0.05) is 30.6 Å². The first-order valence-electron chi connectivity index (χ1n) is 13.7. The van der Waals surface area contributed by atoms with Gasteiger partial charge in [-0.25, -0.2) is 0 Å². The Hall–Kier alpha value is -3.16. The van der Waals surface area contributed by atoms with Gasteiger partial charge in [-0.05, 0) is 64.1 Å². The molecule has 3 atom stereocenters. The predicted molar refractivity (Wildman–Crippen MR) is 175 cm³/mol. The van der Waals surface area contributed by atoms with Crippen molar-refractivity contribution in [1.29, 1.82) is 0 Å². The number of ether oxygens (including phenoxy) is 2. The normalized spacial score (nSPS) is 17.8. The topological polar surface area (TPSA) is 125 Å². The monoisotopic (exact) mass is 752 g/mol. The quantitative estimate of drug-likeness (QED) is 0.183. The van der Waals surface area contributed by atoms with E-state index in [4.69, 9.17) is 32.7 Å². The third-order valence-electron chi connectivity index (χ3n) is 7.11. The Morgan fingerprint density at radius 2 is 1.84 bits per heavy atom. The summed E-state index contributed by atoms with van der Waals surface area (Å²) in [4.78, 5) is 40.1. The van der Waals surface area contributed by atoms with Gasteiger partial charge in [0.1, 0.15) is 18.5 Å². The van der Waals surface area contributed by atoms with Gasteiger partial charge in [0.25, 0.3) is 0 Å². The summed E-state index contributed by atoms with van der Waals surface area (Å²) in [6.45, 7) is -0.173. The minimum Gasteiger partial charge on any atom is -0.493 e. The smallest absolute Gasteiger partial charge is 0.247 e. The van der Waals surface area contributed by atoms with Crippen molar-refractivity contribution < 1.29 is 34.1 Å². The average Bonchev–Trinajstić information content (AvgIpc) is 3.02. The number of aliphatic hydroxyl groups is 2. The van der Waals surface area contributed by atoms with Crippen molar-refractivity contribution in [2.75, 3.05) is 20.3 Å². The van der Waals surface area contributed by atoms with E-state index >= 15 is 0 Å². The van der Waals surface area contributed by atoms with Gasteiger partial charge in [0.2, 0.25) is 11.8 Å². The van der Waals surface area contributed by atoms with Crippen LogP contribution in [0, 0.1) is 3.57 Å². The van der Waals surface area contributed by atoms with Crippen LogP contribution in [0.25, 0.3) is 0 Å². The molecule has 0 fully saturated rings. The number of aldehydes is 1. The van der Waals surface area contributed by atoms with E-state index in [-0.39, 0.29) is 55.5 Å². The molecule has 0 heterocycles. The van der Waals surface area contributed by atoms with E-state index in [2.05, 4.69) is 5.32 Å². The fourth-order valence-corrected chi connectivity index (χ4v) is 6.01. The summed E-state index contributed by atoms with van der Waals surface area (Å²) in [5.41, 5.74) is 2.09. The van der Waals surface area contributed by atoms with Gasteiger partial charge in [-0.3, -0.25) is 14.4 Å². The Balaban J connectivity index is 1.76. The van der Waals surface area contributed by atoms with Crippen molar-refractivity contribution >= 4 is 63.9 Å². The zero-order valence-electron chi connectivity index (χ0n) is 23.7. The van der Waals surface area contributed by atoms with Gasteiger partial charge >= 0.3 is 0 Å². The van der Waals surface area contributed by atoms with Crippen molar-refractivity contribution in [2.24, 2.45) is 0 Å². The highest BCUT2D eigenvalue weighted by Crippen LogP contribution is 2.37. The highest BCUT2D eigenvalue weighted by Gasteiger charge is 2.41. The van der Waals surface area contributed by atoms with Crippen molar-refractivity contribution in [3.63, 3.8) is 0 Å². The summed E-state index contributed by atoms with van der Waals surface area (Å²) >= 11 is 14.4. The van der Waals surface area contributed by atoms with Crippen LogP contribution in [-0.4, -0.2) is 71.7 Å². The summed E-state index contributed by atoms with van der Waals surface area (Å²) in [6, 6.07) is 16.4. The first-order valence-corrected chi connectivity index (χ1v) is 15.5. The summed E-state index contributed by atoms with van der Waals surface area (Å²) in [7, 11) is 1.43. The lowest BCUT2D eigenvalue weighted by atomic mass is 9.87. The molecule has 0 radical (unpaired) electrons. The lowest BCUT2D eigenvalue weighted by molar-refractivity contribution is -0.138. The molecule has 0 saturated carbocycles. The second-order valence-corrected chi connectivity index (χ2v) is 12.1. The second kappa shape index (κ2) is 15.7. The molecule has 0 aromatic heterocycles. The second-order valence-electron chi connectivity index (χ2n) is 10.1. The lowest BCUT2D eigenvalue weighted by Crippen LogP contribution is -2.55. The van der Waals surface area contributed by atoms with Gasteiger partial charge in [0.15, 0.2) is 11.5 Å². The Labute approximate surface area is 278 Å². The van der Waals surface area contributed by atoms with Crippen LogP contribution in [-0.2, 0) is 22.6 Å². The fraction of sp³-hybridized carbons (Fsp3) is 0.281. The Morgan fingerprint density at radius 1 is 1.09 bits per heavy atom. The molecule has 0 spiro atoms. The standard InChI is InChI=1S/C32H31Cl2IN2O7/c1-43-28-13-21(18-39)12-25(35)31(28)44-27-16-22(32(42)36-9-10-38)15-26(30(27)41)37(17-20-7-8-23(33)24(34)11-20)29(40)14-19-5-3-2-4-6-19/h2-8,11-13,16,18,26-27,30,38,41H,9-10,14-15,17H2,1H3,(H,36,42). The molecule has 0 aliphatic heterocycles. The number of nitrogens with zero attached hydrogens (tertiary/aromatic N) is 1. The molecule has 12 heteroatoms. The van der Waals surface area contributed by atoms with Gasteiger partial charge in [-0.15, -0.1) is 0 Å². The SMILES string of the molecule is COc1cc(C=O)cc(I)c1OC1C=C(C(=O)NCCO)CC(N(Cc2ccc(Cl)c(Cl)c2)C(=O)Cc2ccccc2)C1O. The number of hydrogen-bond donors (Lipinski definition) is 3. The number of amides is 2. The third kappa shape index (κ3) is 8.30. The molecule has 44 heavy (non-hydrogen) atoms. The van der Waals surface area contributed by atoms with Crippen LogP contribution in [0.2, 0.25) is 10.0 Å². The van der Waals surface area contributed by atoms with E-state index < -0.39 is 24.2 Å². The molecule has 3 aromatic carbocycles. The average molecular weight is 753 g/mol. The van der Waals surface area contributed by atoms with E-state index in [0.717, 1.165) is 5.56 Å². The van der Waals surface area contributed by atoms with Crippen LogP contribution in [0.5, 0.6) is 11.5 Å². The summed E-state index contributed by atoms with van der Waals surface area (Å²) in [5, 5.41) is 24.4. The van der Waals surface area contributed by atoms with Crippen LogP contribution in [0.1, 0.15) is 27.9 Å². The Bertz CT molecular complexity index is 1540. The molecule has 2 amide bonds. The Morgan fingerprint density at radius 3 is 2.50 bits per heavy atom. The summed E-state index contributed by atoms with van der Waals surface area (Å²) < 4.78 is 12.3. The molecular weight excluding hydrogens is 722 g/mol. The summed E-state index contributed by atoms with van der Waals surface area (Å²) in [5.74, 6) is -0.223. The number of methoxy groups -OCH3 is 1. The first-order chi connectivity index (χ1) is 21.1. The molecule has 9 nitrogen and oxygen atoms in total. The maximum atomic E-state index is 14.0. The van der Waals surface area contributed by atoms with E-state index in [1.165, 1.54) is 24.2 Å². The molecule has 0 saturated heterocycles. The minimum atomic E-state index is -1.28. The van der Waals surface area contributed by atoms with E-state index in [1.54, 1.807) is 24.3 Å². The van der Waals surface area contributed by atoms with Gasteiger partial charge in [-0.1, -0.05) is 59.6 Å². The molecule has 1 aliphatic rings. The number of aliphatic hydroxyl groups excluding tert-OH is 2. The minimum absolute atomic E-state index is 0.0123. The van der Waals surface area contributed by atoms with Gasteiger partial charge in [-0.2, -0.15) is 0 Å². The molecule has 0 bridgehead atoms. The van der Waals surface area contributed by atoms with Crippen molar-refractivity contribution in [2.45, 2.75) is 37.6 Å². The van der Waals surface area contributed by atoms with Gasteiger partial charge in [0.05, 0.1) is 39.8 Å². The van der Waals surface area contributed by atoms with E-state index in [9.17, 15) is 24.6 Å². The highest BCUT2D eigenvalue weighted by molar-refractivity contribution is 14.1. The fourth-order valence-electron chi connectivity index (χ4n) is 4.93. The molecule has 3 unspecified atom stereocenters. The van der Waals surface area contributed by atoms with Crippen LogP contribution in [0.4, 0.5) is 0 Å². The van der Waals surface area contributed by atoms with Crippen molar-refractivity contribution in [3.05, 3.63) is 103 Å². The molecule has 1 aliphatic carbocycles. The molecule has 4 rings (SSSR count). The highest BCUT2D eigenvalue weighted by atomic mass is 127. The predicted octanol–water partition coefficient (Wildman–Crippen LogP) is 4.61. The van der Waals surface area contributed by atoms with Crippen LogP contribution in [0.3, 0.4) is 0 Å². The maximum absolute atomic E-state index is 14.0. The van der Waals surface area contributed by atoms with Gasteiger partial charge < -0.3 is 29.9 Å².